The molecule has 0 aromatic rings. The first-order chi connectivity index (χ1) is 10.3. The second kappa shape index (κ2) is 4.44. The van der Waals surface area contributed by atoms with Crippen LogP contribution < -0.4 is 0 Å². The van der Waals surface area contributed by atoms with Crippen LogP contribution in [-0.2, 0) is 4.79 Å². The van der Waals surface area contributed by atoms with Crippen LogP contribution in [0, 0.1) is 17.3 Å². The summed E-state index contributed by atoms with van der Waals surface area (Å²) >= 11 is 0. The molecule has 2 nitrogen and oxygen atoms in total. The minimum atomic E-state index is -0.584. The summed E-state index contributed by atoms with van der Waals surface area (Å²) in [5.74, 6) is 1.46. The van der Waals surface area contributed by atoms with Crippen molar-refractivity contribution in [2.45, 2.75) is 64.9 Å². The van der Waals surface area contributed by atoms with Crippen LogP contribution in [0.4, 0.5) is 0 Å². The van der Waals surface area contributed by atoms with Crippen LogP contribution in [0.3, 0.4) is 0 Å². The second-order valence-electron chi connectivity index (χ2n) is 8.14. The summed E-state index contributed by atoms with van der Waals surface area (Å²) in [5.41, 5.74) is 4.60. The van der Waals surface area contributed by atoms with Crippen LogP contribution >= 0.6 is 0 Å². The molecule has 0 radical (unpaired) electrons. The topological polar surface area (TPSA) is 37.3 Å². The lowest BCUT2D eigenvalue weighted by molar-refractivity contribution is -0.115. The molecule has 1 fully saturated rings. The summed E-state index contributed by atoms with van der Waals surface area (Å²) in [5, 5.41) is 10.8. The highest BCUT2D eigenvalue weighted by molar-refractivity contribution is 5.98. The van der Waals surface area contributed by atoms with Crippen LogP contribution in [0.5, 0.6) is 0 Å². The molecule has 22 heavy (non-hydrogen) atoms. The van der Waals surface area contributed by atoms with Crippen LogP contribution in [0.2, 0.25) is 0 Å². The Morgan fingerprint density at radius 3 is 2.68 bits per heavy atom. The monoisotopic (exact) mass is 298 g/mol. The molecule has 0 spiro atoms. The lowest BCUT2D eigenvalue weighted by atomic mass is 9.58. The Hall–Kier alpha value is -1.15. The van der Waals surface area contributed by atoms with Crippen LogP contribution in [0.15, 0.2) is 34.4 Å². The van der Waals surface area contributed by atoms with E-state index in [1.807, 2.05) is 13.8 Å². The molecule has 1 saturated carbocycles. The highest BCUT2D eigenvalue weighted by Crippen LogP contribution is 2.60. The molecule has 0 aliphatic heterocycles. The Bertz CT molecular complexity index is 647. The normalized spacial score (nSPS) is 44.1. The molecule has 0 unspecified atom stereocenters. The fraction of sp³-hybridized carbons (Fsp3) is 0.650. The lowest BCUT2D eigenvalue weighted by Crippen LogP contribution is -2.45. The minimum absolute atomic E-state index is 0.0948. The van der Waals surface area contributed by atoms with Gasteiger partial charge >= 0.3 is 0 Å². The van der Waals surface area contributed by atoms with E-state index < -0.39 is 5.60 Å². The van der Waals surface area contributed by atoms with E-state index in [-0.39, 0.29) is 5.41 Å². The zero-order valence-corrected chi connectivity index (χ0v) is 13.9. The number of carbonyl (C=O) groups is 1. The molecule has 0 aromatic carbocycles. The second-order valence-corrected chi connectivity index (χ2v) is 8.14. The number of rotatable bonds is 0. The average Bonchev–Trinajstić information content (AvgIpc) is 2.73. The van der Waals surface area contributed by atoms with E-state index in [0.29, 0.717) is 24.0 Å². The third-order valence-corrected chi connectivity index (χ3v) is 7.26. The molecule has 0 saturated heterocycles. The van der Waals surface area contributed by atoms with Crippen LogP contribution in [0.1, 0.15) is 59.3 Å². The van der Waals surface area contributed by atoms with Crippen molar-refractivity contribution in [3.05, 3.63) is 34.4 Å². The Labute approximate surface area is 133 Å². The molecule has 1 N–H and O–H groups in total. The highest BCUT2D eigenvalue weighted by atomic mass is 16.3. The van der Waals surface area contributed by atoms with Gasteiger partial charge < -0.3 is 5.11 Å². The zero-order valence-electron chi connectivity index (χ0n) is 13.9. The van der Waals surface area contributed by atoms with Crippen molar-refractivity contribution in [2.75, 3.05) is 0 Å². The van der Waals surface area contributed by atoms with E-state index in [4.69, 9.17) is 0 Å². The number of aliphatic hydroxyl groups is 1. The summed E-state index contributed by atoms with van der Waals surface area (Å²) in [6.45, 7) is 6.26. The number of hydrogen-bond acceptors (Lipinski definition) is 2. The number of Topliss-reactive ketones (excluding diaryl/α,β-unsaturated/α-hetero) is 1. The molecular weight excluding hydrogens is 272 g/mol. The summed E-state index contributed by atoms with van der Waals surface area (Å²) < 4.78 is 0. The first-order valence-electron chi connectivity index (χ1n) is 8.73. The lowest BCUT2D eigenvalue weighted by Gasteiger charge is -2.47. The van der Waals surface area contributed by atoms with E-state index in [1.165, 1.54) is 16.7 Å². The van der Waals surface area contributed by atoms with Gasteiger partial charge in [-0.1, -0.05) is 19.1 Å². The van der Waals surface area contributed by atoms with E-state index >= 15 is 0 Å². The largest absolute Gasteiger partial charge is 0.389 e. The fourth-order valence-corrected chi connectivity index (χ4v) is 5.54. The SMILES string of the molecule is CC1=C2CC[C@@H]3C(=C2CCC1=O)C=C[C@@]1(C)[C@H]3CC[C@]1(C)O. The van der Waals surface area contributed by atoms with Gasteiger partial charge in [-0.05, 0) is 80.1 Å². The van der Waals surface area contributed by atoms with Gasteiger partial charge in [0.25, 0.3) is 0 Å². The molecule has 0 amide bonds. The van der Waals surface area contributed by atoms with Gasteiger partial charge in [-0.15, -0.1) is 0 Å². The molecule has 118 valence electrons. The fourth-order valence-electron chi connectivity index (χ4n) is 5.54. The van der Waals surface area contributed by atoms with Crippen molar-refractivity contribution in [1.29, 1.82) is 0 Å². The van der Waals surface area contributed by atoms with Gasteiger partial charge in [-0.25, -0.2) is 0 Å². The van der Waals surface area contributed by atoms with Crippen LogP contribution in [-0.4, -0.2) is 16.5 Å². The Kier molecular flexibility index (Phi) is 2.92. The van der Waals surface area contributed by atoms with Crippen molar-refractivity contribution in [3.63, 3.8) is 0 Å². The van der Waals surface area contributed by atoms with Gasteiger partial charge in [-0.3, -0.25) is 4.79 Å². The van der Waals surface area contributed by atoms with E-state index in [2.05, 4.69) is 19.1 Å². The van der Waals surface area contributed by atoms with Crippen molar-refractivity contribution >= 4 is 5.78 Å². The maximum absolute atomic E-state index is 12.0. The molecule has 0 aromatic heterocycles. The van der Waals surface area contributed by atoms with Gasteiger partial charge in [0.15, 0.2) is 5.78 Å². The number of carbonyl (C=O) groups excluding carboxylic acids is 1. The molecule has 4 aliphatic rings. The minimum Gasteiger partial charge on any atom is -0.389 e. The maximum atomic E-state index is 12.0. The summed E-state index contributed by atoms with van der Waals surface area (Å²) in [6.07, 6.45) is 10.4. The molecule has 0 heterocycles. The van der Waals surface area contributed by atoms with Gasteiger partial charge in [-0.2, -0.15) is 0 Å². The van der Waals surface area contributed by atoms with Gasteiger partial charge in [0, 0.05) is 11.8 Å². The first kappa shape index (κ1) is 14.4. The smallest absolute Gasteiger partial charge is 0.159 e. The predicted molar refractivity (Wildman–Crippen MR) is 87.3 cm³/mol. The van der Waals surface area contributed by atoms with E-state index in [0.717, 1.165) is 37.7 Å². The van der Waals surface area contributed by atoms with E-state index in [1.54, 1.807) is 0 Å². The molecule has 2 heteroatoms. The maximum Gasteiger partial charge on any atom is 0.159 e. The van der Waals surface area contributed by atoms with Crippen molar-refractivity contribution in [3.8, 4) is 0 Å². The van der Waals surface area contributed by atoms with Gasteiger partial charge in [0.1, 0.15) is 0 Å². The summed E-state index contributed by atoms with van der Waals surface area (Å²) in [7, 11) is 0. The standard InChI is InChI=1S/C20H26O2/c1-12-13-4-5-16-15(14(13)6-7-18(12)21)8-10-19(2)17(16)9-11-20(19,3)22/h8,10,16-17,22H,4-7,9,11H2,1-3H3/t16-,17+,19+,20+/m1/s1. The molecule has 4 aliphatic carbocycles. The molecular formula is C20H26O2. The summed E-state index contributed by atoms with van der Waals surface area (Å²) in [4.78, 5) is 12.0. The van der Waals surface area contributed by atoms with E-state index in [9.17, 15) is 9.90 Å². The quantitative estimate of drug-likeness (QED) is 0.730. The zero-order chi connectivity index (χ0) is 15.7. The molecule has 4 rings (SSSR count). The molecule has 4 atom stereocenters. The number of fused-ring (bicyclic) bond motifs is 4. The molecule has 0 bridgehead atoms. The number of ketones is 1. The van der Waals surface area contributed by atoms with Crippen LogP contribution in [0.25, 0.3) is 0 Å². The van der Waals surface area contributed by atoms with Gasteiger partial charge in [0.05, 0.1) is 5.60 Å². The van der Waals surface area contributed by atoms with Crippen molar-refractivity contribution in [1.82, 2.24) is 0 Å². The number of hydrogen-bond donors (Lipinski definition) is 1. The number of allylic oxidation sites excluding steroid dienone is 5. The average molecular weight is 298 g/mol. The predicted octanol–water partition coefficient (Wildman–Crippen LogP) is 4.11. The van der Waals surface area contributed by atoms with Crippen molar-refractivity contribution < 1.29 is 9.90 Å². The van der Waals surface area contributed by atoms with Gasteiger partial charge in [0.2, 0.25) is 0 Å². The third-order valence-electron chi connectivity index (χ3n) is 7.26. The Balaban J connectivity index is 1.85. The van der Waals surface area contributed by atoms with Crippen molar-refractivity contribution in [2.24, 2.45) is 17.3 Å². The highest BCUT2D eigenvalue weighted by Gasteiger charge is 2.56. The Morgan fingerprint density at radius 1 is 1.14 bits per heavy atom. The third kappa shape index (κ3) is 1.68. The Morgan fingerprint density at radius 2 is 1.91 bits per heavy atom. The summed E-state index contributed by atoms with van der Waals surface area (Å²) in [6, 6.07) is 0. The first-order valence-corrected chi connectivity index (χ1v) is 8.73.